The fourth-order valence-corrected chi connectivity index (χ4v) is 2.58. The molecule has 5 amide bonds. The lowest BCUT2D eigenvalue weighted by atomic mass is 10.1. The van der Waals surface area contributed by atoms with Gasteiger partial charge in [-0.1, -0.05) is 30.3 Å². The number of carbonyl (C=O) groups excluding carboxylic acids is 4. The highest BCUT2D eigenvalue weighted by Gasteiger charge is 2.47. The van der Waals surface area contributed by atoms with E-state index in [-0.39, 0.29) is 6.42 Å². The first kappa shape index (κ1) is 13.3. The van der Waals surface area contributed by atoms with Crippen LogP contribution >= 0.6 is 0 Å². The Bertz CT molecular complexity index is 628. The average Bonchev–Trinajstić information content (AvgIpc) is 2.91. The van der Waals surface area contributed by atoms with Crippen molar-refractivity contribution >= 4 is 23.8 Å². The average molecular weight is 287 g/mol. The van der Waals surface area contributed by atoms with Crippen LogP contribution < -0.4 is 10.6 Å². The van der Waals surface area contributed by atoms with E-state index in [9.17, 15) is 19.2 Å². The zero-order chi connectivity index (χ0) is 15.0. The normalized spacial score (nSPS) is 25.2. The van der Waals surface area contributed by atoms with Crippen LogP contribution in [0.25, 0.3) is 0 Å². The Hall–Kier alpha value is -2.70. The highest BCUT2D eigenvalue weighted by molar-refractivity contribution is 6.13. The van der Waals surface area contributed by atoms with Gasteiger partial charge in [-0.2, -0.15) is 0 Å². The minimum Gasteiger partial charge on any atom is -0.325 e. The van der Waals surface area contributed by atoms with Crippen LogP contribution in [0.3, 0.4) is 0 Å². The number of urea groups is 1. The molecular weight excluding hydrogens is 274 g/mol. The van der Waals surface area contributed by atoms with E-state index in [2.05, 4.69) is 10.6 Å². The fourth-order valence-electron chi connectivity index (χ4n) is 2.58. The summed E-state index contributed by atoms with van der Waals surface area (Å²) < 4.78 is 0. The van der Waals surface area contributed by atoms with Gasteiger partial charge in [-0.05, 0) is 5.56 Å². The summed E-state index contributed by atoms with van der Waals surface area (Å²) in [6, 6.07) is 6.89. The van der Waals surface area contributed by atoms with Gasteiger partial charge in [-0.3, -0.25) is 19.7 Å². The van der Waals surface area contributed by atoms with Gasteiger partial charge in [0.1, 0.15) is 12.1 Å². The van der Waals surface area contributed by atoms with Crippen molar-refractivity contribution in [2.45, 2.75) is 24.9 Å². The molecular formula is C14H13N3O4. The molecule has 3 rings (SSSR count). The second kappa shape index (κ2) is 5.01. The molecule has 2 aliphatic heterocycles. The van der Waals surface area contributed by atoms with Crippen LogP contribution in [-0.2, 0) is 20.8 Å². The molecule has 108 valence electrons. The molecule has 2 atom stereocenters. The Morgan fingerprint density at radius 2 is 1.81 bits per heavy atom. The van der Waals surface area contributed by atoms with Gasteiger partial charge in [0, 0.05) is 6.42 Å². The highest BCUT2D eigenvalue weighted by Crippen LogP contribution is 2.19. The standard InChI is InChI=1S/C14H13N3O4/c18-11-7-10(12(19)16-11)17-13(20)9(15-14(17)21)6-8-4-2-1-3-5-8/h1-5,9-10H,6-7H2,(H,15,21)(H,16,18,19)/t9-,10-/m0/s1. The fraction of sp³-hybridized carbons (Fsp3) is 0.286. The Morgan fingerprint density at radius 1 is 1.10 bits per heavy atom. The maximum Gasteiger partial charge on any atom is 0.325 e. The van der Waals surface area contributed by atoms with Crippen LogP contribution in [-0.4, -0.2) is 40.7 Å². The second-order valence-electron chi connectivity index (χ2n) is 5.03. The number of rotatable bonds is 3. The lowest BCUT2D eigenvalue weighted by Crippen LogP contribution is -2.45. The number of benzene rings is 1. The maximum atomic E-state index is 12.3. The van der Waals surface area contributed by atoms with Crippen LogP contribution in [0.4, 0.5) is 4.79 Å². The van der Waals surface area contributed by atoms with Gasteiger partial charge < -0.3 is 5.32 Å². The van der Waals surface area contributed by atoms with Crippen molar-refractivity contribution in [2.75, 3.05) is 0 Å². The van der Waals surface area contributed by atoms with Crippen molar-refractivity contribution in [1.82, 2.24) is 15.5 Å². The first-order valence-corrected chi connectivity index (χ1v) is 6.57. The number of amides is 5. The summed E-state index contributed by atoms with van der Waals surface area (Å²) in [5, 5.41) is 4.66. The topological polar surface area (TPSA) is 95.6 Å². The number of hydrogen-bond acceptors (Lipinski definition) is 4. The summed E-state index contributed by atoms with van der Waals surface area (Å²) in [6.07, 6.45) is 0.181. The minimum atomic E-state index is -1.04. The molecule has 21 heavy (non-hydrogen) atoms. The molecule has 0 bridgehead atoms. The molecule has 0 aromatic heterocycles. The molecule has 2 aliphatic rings. The zero-order valence-corrected chi connectivity index (χ0v) is 11.0. The van der Waals surface area contributed by atoms with E-state index in [1.54, 1.807) is 0 Å². The first-order valence-electron chi connectivity index (χ1n) is 6.57. The van der Waals surface area contributed by atoms with Gasteiger partial charge in [-0.25, -0.2) is 9.69 Å². The minimum absolute atomic E-state index is 0.171. The SMILES string of the molecule is O=C1C[C@H](N2C(=O)N[C@@H](Cc3ccccc3)C2=O)C(=O)N1. The van der Waals surface area contributed by atoms with E-state index in [1.807, 2.05) is 30.3 Å². The third-order valence-electron chi connectivity index (χ3n) is 3.59. The summed E-state index contributed by atoms with van der Waals surface area (Å²) in [7, 11) is 0. The lowest BCUT2D eigenvalue weighted by molar-refractivity contribution is -0.134. The summed E-state index contributed by atoms with van der Waals surface area (Å²) in [5.41, 5.74) is 0.907. The number of nitrogens with one attached hydrogen (secondary N) is 2. The number of imide groups is 2. The molecule has 7 nitrogen and oxygen atoms in total. The molecule has 2 heterocycles. The Balaban J connectivity index is 1.76. The van der Waals surface area contributed by atoms with Crippen molar-refractivity contribution in [3.63, 3.8) is 0 Å². The summed E-state index contributed by atoms with van der Waals surface area (Å²) in [4.78, 5) is 47.9. The Morgan fingerprint density at radius 3 is 2.43 bits per heavy atom. The number of hydrogen-bond donors (Lipinski definition) is 2. The van der Waals surface area contributed by atoms with Crippen molar-refractivity contribution in [1.29, 1.82) is 0 Å². The molecule has 0 radical (unpaired) electrons. The van der Waals surface area contributed by atoms with Gasteiger partial charge in [0.25, 0.3) is 5.91 Å². The van der Waals surface area contributed by atoms with E-state index < -0.39 is 35.8 Å². The summed E-state index contributed by atoms with van der Waals surface area (Å²) >= 11 is 0. The third kappa shape index (κ3) is 2.37. The molecule has 0 spiro atoms. The van der Waals surface area contributed by atoms with E-state index in [0.29, 0.717) is 6.42 Å². The summed E-state index contributed by atoms with van der Waals surface area (Å²) in [5.74, 6) is -1.56. The van der Waals surface area contributed by atoms with Crippen LogP contribution in [0.2, 0.25) is 0 Å². The van der Waals surface area contributed by atoms with E-state index >= 15 is 0 Å². The Kier molecular flexibility index (Phi) is 3.17. The van der Waals surface area contributed by atoms with E-state index in [1.165, 1.54) is 0 Å². The van der Waals surface area contributed by atoms with Gasteiger partial charge in [0.2, 0.25) is 11.8 Å². The monoisotopic (exact) mass is 287 g/mol. The largest absolute Gasteiger partial charge is 0.325 e. The zero-order valence-electron chi connectivity index (χ0n) is 11.0. The second-order valence-corrected chi connectivity index (χ2v) is 5.03. The molecule has 0 unspecified atom stereocenters. The lowest BCUT2D eigenvalue weighted by Gasteiger charge is -2.17. The van der Waals surface area contributed by atoms with E-state index in [0.717, 1.165) is 10.5 Å². The van der Waals surface area contributed by atoms with Crippen molar-refractivity contribution < 1.29 is 19.2 Å². The third-order valence-corrected chi connectivity index (χ3v) is 3.59. The molecule has 2 saturated heterocycles. The molecule has 2 N–H and O–H groups in total. The van der Waals surface area contributed by atoms with Crippen molar-refractivity contribution in [3.05, 3.63) is 35.9 Å². The first-order chi connectivity index (χ1) is 10.1. The molecule has 0 aliphatic carbocycles. The quantitative estimate of drug-likeness (QED) is 0.582. The molecule has 1 aromatic rings. The van der Waals surface area contributed by atoms with Crippen LogP contribution in [0.1, 0.15) is 12.0 Å². The molecule has 7 heteroatoms. The predicted molar refractivity (Wildman–Crippen MR) is 70.9 cm³/mol. The highest BCUT2D eigenvalue weighted by atomic mass is 16.2. The molecule has 1 aromatic carbocycles. The number of carbonyl (C=O) groups is 4. The molecule has 2 fully saturated rings. The van der Waals surface area contributed by atoms with Gasteiger partial charge in [0.05, 0.1) is 6.42 Å². The van der Waals surface area contributed by atoms with Gasteiger partial charge in [0.15, 0.2) is 0 Å². The van der Waals surface area contributed by atoms with Gasteiger partial charge in [-0.15, -0.1) is 0 Å². The Labute approximate surface area is 120 Å². The van der Waals surface area contributed by atoms with Crippen LogP contribution in [0, 0.1) is 0 Å². The van der Waals surface area contributed by atoms with Crippen molar-refractivity contribution in [2.24, 2.45) is 0 Å². The maximum absolute atomic E-state index is 12.3. The van der Waals surface area contributed by atoms with Crippen LogP contribution in [0.15, 0.2) is 30.3 Å². The van der Waals surface area contributed by atoms with E-state index in [4.69, 9.17) is 0 Å². The van der Waals surface area contributed by atoms with Crippen LogP contribution in [0.5, 0.6) is 0 Å². The van der Waals surface area contributed by atoms with Gasteiger partial charge >= 0.3 is 6.03 Å². The summed E-state index contributed by atoms with van der Waals surface area (Å²) in [6.45, 7) is 0. The predicted octanol–water partition coefficient (Wildman–Crippen LogP) is -0.435. The molecule has 0 saturated carbocycles. The van der Waals surface area contributed by atoms with Crippen molar-refractivity contribution in [3.8, 4) is 0 Å². The smallest absolute Gasteiger partial charge is 0.325 e. The number of nitrogens with zero attached hydrogens (tertiary/aromatic N) is 1.